The number of hydrogen-bond donors (Lipinski definition) is 1. The summed E-state index contributed by atoms with van der Waals surface area (Å²) in [6.45, 7) is 2.56. The summed E-state index contributed by atoms with van der Waals surface area (Å²) >= 11 is 0. The summed E-state index contributed by atoms with van der Waals surface area (Å²) in [4.78, 5) is 26.4. The molecule has 0 aliphatic rings. The molecule has 0 aliphatic heterocycles. The maximum atomic E-state index is 12.3. The van der Waals surface area contributed by atoms with Crippen LogP contribution in [0, 0.1) is 0 Å². The van der Waals surface area contributed by atoms with E-state index in [0.717, 1.165) is 0 Å². The molecular weight excluding hydrogens is 248 g/mol. The molecule has 0 aliphatic carbocycles. The van der Waals surface area contributed by atoms with Gasteiger partial charge in [-0.1, -0.05) is 6.92 Å². The SMILES string of the molecule is CCc1occc1C(=O)N(CCN(C)C)CC(=O)O. The van der Waals surface area contributed by atoms with Crippen molar-refractivity contribution >= 4 is 11.9 Å². The summed E-state index contributed by atoms with van der Waals surface area (Å²) in [6, 6.07) is 1.59. The number of carbonyl (C=O) groups excluding carboxylic acids is 1. The Morgan fingerprint density at radius 1 is 1.32 bits per heavy atom. The Hall–Kier alpha value is -1.82. The van der Waals surface area contributed by atoms with E-state index in [0.29, 0.717) is 30.8 Å². The number of carbonyl (C=O) groups is 2. The predicted molar refractivity (Wildman–Crippen MR) is 70.2 cm³/mol. The van der Waals surface area contributed by atoms with Crippen molar-refractivity contribution in [3.05, 3.63) is 23.7 Å². The predicted octanol–water partition coefficient (Wildman–Crippen LogP) is 0.930. The van der Waals surface area contributed by atoms with E-state index in [1.807, 2.05) is 25.9 Å². The van der Waals surface area contributed by atoms with Gasteiger partial charge in [0.05, 0.1) is 11.8 Å². The highest BCUT2D eigenvalue weighted by atomic mass is 16.4. The van der Waals surface area contributed by atoms with E-state index in [9.17, 15) is 9.59 Å². The summed E-state index contributed by atoms with van der Waals surface area (Å²) in [5.74, 6) is -0.728. The third-order valence-electron chi connectivity index (χ3n) is 2.73. The standard InChI is InChI=1S/C13H20N2O4/c1-4-11-10(5-8-19-11)13(18)15(9-12(16)17)7-6-14(2)3/h5,8H,4,6-7,9H2,1-3H3,(H,16,17). The summed E-state index contributed by atoms with van der Waals surface area (Å²) in [7, 11) is 3.75. The highest BCUT2D eigenvalue weighted by Crippen LogP contribution is 2.14. The quantitative estimate of drug-likeness (QED) is 0.796. The molecule has 0 saturated carbocycles. The fourth-order valence-corrected chi connectivity index (χ4v) is 1.71. The van der Waals surface area contributed by atoms with Crippen molar-refractivity contribution < 1.29 is 19.1 Å². The van der Waals surface area contributed by atoms with E-state index in [2.05, 4.69) is 0 Å². The number of nitrogens with zero attached hydrogens (tertiary/aromatic N) is 2. The van der Waals surface area contributed by atoms with Gasteiger partial charge in [-0.05, 0) is 20.2 Å². The molecule has 0 atom stereocenters. The minimum Gasteiger partial charge on any atom is -0.480 e. The highest BCUT2D eigenvalue weighted by Gasteiger charge is 2.22. The number of carboxylic acids is 1. The van der Waals surface area contributed by atoms with Crippen LogP contribution in [0.25, 0.3) is 0 Å². The molecule has 1 aromatic rings. The fraction of sp³-hybridized carbons (Fsp3) is 0.538. The van der Waals surface area contributed by atoms with Gasteiger partial charge in [0.2, 0.25) is 0 Å². The molecule has 1 heterocycles. The fourth-order valence-electron chi connectivity index (χ4n) is 1.71. The van der Waals surface area contributed by atoms with Gasteiger partial charge in [0.15, 0.2) is 0 Å². The first-order valence-electron chi connectivity index (χ1n) is 6.17. The Labute approximate surface area is 112 Å². The molecular formula is C13H20N2O4. The Morgan fingerprint density at radius 2 is 2.00 bits per heavy atom. The number of carboxylic acid groups (broad SMARTS) is 1. The summed E-state index contributed by atoms with van der Waals surface area (Å²) in [5, 5.41) is 8.89. The molecule has 106 valence electrons. The van der Waals surface area contributed by atoms with Crippen LogP contribution in [0.5, 0.6) is 0 Å². The van der Waals surface area contributed by atoms with E-state index in [-0.39, 0.29) is 12.5 Å². The van der Waals surface area contributed by atoms with Gasteiger partial charge in [-0.15, -0.1) is 0 Å². The van der Waals surface area contributed by atoms with Crippen LogP contribution in [0.4, 0.5) is 0 Å². The van der Waals surface area contributed by atoms with E-state index < -0.39 is 5.97 Å². The summed E-state index contributed by atoms with van der Waals surface area (Å²) in [6.07, 6.45) is 2.06. The highest BCUT2D eigenvalue weighted by molar-refractivity contribution is 5.96. The zero-order chi connectivity index (χ0) is 14.4. The van der Waals surface area contributed by atoms with Gasteiger partial charge in [0.25, 0.3) is 5.91 Å². The molecule has 1 rings (SSSR count). The lowest BCUT2D eigenvalue weighted by molar-refractivity contribution is -0.137. The van der Waals surface area contributed by atoms with Crippen molar-refractivity contribution in [1.82, 2.24) is 9.80 Å². The van der Waals surface area contributed by atoms with Crippen LogP contribution in [0.1, 0.15) is 23.0 Å². The third kappa shape index (κ3) is 4.40. The molecule has 6 heteroatoms. The summed E-state index contributed by atoms with van der Waals surface area (Å²) < 4.78 is 5.21. The Bertz CT molecular complexity index is 440. The van der Waals surface area contributed by atoms with Crippen molar-refractivity contribution in [2.45, 2.75) is 13.3 Å². The largest absolute Gasteiger partial charge is 0.480 e. The zero-order valence-electron chi connectivity index (χ0n) is 11.5. The topological polar surface area (TPSA) is 74.0 Å². The van der Waals surface area contributed by atoms with Crippen molar-refractivity contribution in [3.8, 4) is 0 Å². The van der Waals surface area contributed by atoms with Gasteiger partial charge in [-0.2, -0.15) is 0 Å². The number of amides is 1. The second kappa shape index (κ2) is 6.94. The van der Waals surface area contributed by atoms with Gasteiger partial charge in [-0.3, -0.25) is 9.59 Å². The molecule has 0 radical (unpaired) electrons. The zero-order valence-corrected chi connectivity index (χ0v) is 11.5. The second-order valence-corrected chi connectivity index (χ2v) is 4.53. The van der Waals surface area contributed by atoms with Crippen LogP contribution in [-0.2, 0) is 11.2 Å². The van der Waals surface area contributed by atoms with Crippen LogP contribution < -0.4 is 0 Å². The van der Waals surface area contributed by atoms with E-state index in [1.54, 1.807) is 6.07 Å². The van der Waals surface area contributed by atoms with E-state index in [4.69, 9.17) is 9.52 Å². The average Bonchev–Trinajstić information content (AvgIpc) is 2.81. The lowest BCUT2D eigenvalue weighted by Gasteiger charge is -2.22. The molecule has 0 aromatic carbocycles. The number of aryl methyl sites for hydroxylation is 1. The van der Waals surface area contributed by atoms with Crippen LogP contribution in [0.2, 0.25) is 0 Å². The molecule has 0 saturated heterocycles. The molecule has 0 spiro atoms. The second-order valence-electron chi connectivity index (χ2n) is 4.53. The molecule has 1 N–H and O–H groups in total. The van der Waals surface area contributed by atoms with Gasteiger partial charge >= 0.3 is 5.97 Å². The number of furan rings is 1. The Balaban J connectivity index is 2.84. The lowest BCUT2D eigenvalue weighted by atomic mass is 10.2. The third-order valence-corrected chi connectivity index (χ3v) is 2.73. The number of hydrogen-bond acceptors (Lipinski definition) is 4. The van der Waals surface area contributed by atoms with E-state index >= 15 is 0 Å². The molecule has 19 heavy (non-hydrogen) atoms. The maximum absolute atomic E-state index is 12.3. The van der Waals surface area contributed by atoms with Crippen LogP contribution in [0.15, 0.2) is 16.7 Å². The van der Waals surface area contributed by atoms with E-state index in [1.165, 1.54) is 11.2 Å². The summed E-state index contributed by atoms with van der Waals surface area (Å²) in [5.41, 5.74) is 0.447. The smallest absolute Gasteiger partial charge is 0.323 e. The van der Waals surface area contributed by atoms with Gasteiger partial charge in [0.1, 0.15) is 12.3 Å². The van der Waals surface area contributed by atoms with Gasteiger partial charge in [0, 0.05) is 19.5 Å². The van der Waals surface area contributed by atoms with Crippen LogP contribution in [0.3, 0.4) is 0 Å². The maximum Gasteiger partial charge on any atom is 0.323 e. The Morgan fingerprint density at radius 3 is 2.53 bits per heavy atom. The van der Waals surface area contributed by atoms with Crippen molar-refractivity contribution in [2.24, 2.45) is 0 Å². The average molecular weight is 268 g/mol. The first-order valence-corrected chi connectivity index (χ1v) is 6.17. The molecule has 6 nitrogen and oxygen atoms in total. The van der Waals surface area contributed by atoms with Crippen LogP contribution in [-0.4, -0.2) is 60.5 Å². The molecule has 0 unspecified atom stereocenters. The minimum atomic E-state index is -1.02. The number of likely N-dealkylation sites (N-methyl/N-ethyl adjacent to an activating group) is 1. The normalized spacial score (nSPS) is 10.7. The van der Waals surface area contributed by atoms with Gasteiger partial charge in [-0.25, -0.2) is 0 Å². The molecule has 0 fully saturated rings. The Kier molecular flexibility index (Phi) is 5.57. The molecule has 1 amide bonds. The minimum absolute atomic E-state index is 0.296. The van der Waals surface area contributed by atoms with Crippen molar-refractivity contribution in [2.75, 3.05) is 33.7 Å². The molecule has 1 aromatic heterocycles. The van der Waals surface area contributed by atoms with Crippen molar-refractivity contribution in [1.29, 1.82) is 0 Å². The van der Waals surface area contributed by atoms with Crippen LogP contribution >= 0.6 is 0 Å². The first kappa shape index (κ1) is 15.2. The first-order chi connectivity index (χ1) is 8.95. The molecule has 0 bridgehead atoms. The van der Waals surface area contributed by atoms with Crippen molar-refractivity contribution in [3.63, 3.8) is 0 Å². The lowest BCUT2D eigenvalue weighted by Crippen LogP contribution is -2.40. The monoisotopic (exact) mass is 268 g/mol. The number of rotatable bonds is 7. The number of aliphatic carboxylic acids is 1. The van der Waals surface area contributed by atoms with Gasteiger partial charge < -0.3 is 19.3 Å².